The Hall–Kier alpha value is -2.13. The van der Waals surface area contributed by atoms with E-state index in [1.807, 2.05) is 6.92 Å². The van der Waals surface area contributed by atoms with Crippen molar-refractivity contribution in [2.45, 2.75) is 62.9 Å². The number of hydrogen-bond acceptors (Lipinski definition) is 4. The standard InChI is InChI=1S/C19H30N4O4S/c1-2-3-7-17(22-19(20)25)18(24)21-14-15-8-10-16(11-9-15)28(26,27)23-12-5-4-6-13-23/h8-11,17H,2-7,12-14H2,1H3,(H,21,24)(H3,20,22,25). The molecule has 1 unspecified atom stereocenters. The van der Waals surface area contributed by atoms with E-state index in [1.165, 1.54) is 4.31 Å². The minimum atomic E-state index is -3.46. The zero-order valence-corrected chi connectivity index (χ0v) is 17.1. The third kappa shape index (κ3) is 6.20. The number of nitrogens with zero attached hydrogens (tertiary/aromatic N) is 1. The molecule has 156 valence electrons. The Kier molecular flexibility index (Phi) is 8.25. The van der Waals surface area contributed by atoms with Gasteiger partial charge in [-0.15, -0.1) is 0 Å². The number of primary amides is 1. The number of rotatable bonds is 9. The van der Waals surface area contributed by atoms with Crippen LogP contribution in [0.4, 0.5) is 4.79 Å². The highest BCUT2D eigenvalue weighted by atomic mass is 32.2. The van der Waals surface area contributed by atoms with E-state index in [4.69, 9.17) is 5.73 Å². The number of piperidine rings is 1. The van der Waals surface area contributed by atoms with Gasteiger partial charge in [-0.05, 0) is 37.0 Å². The minimum absolute atomic E-state index is 0.242. The van der Waals surface area contributed by atoms with Gasteiger partial charge in [0.15, 0.2) is 0 Å². The lowest BCUT2D eigenvalue weighted by molar-refractivity contribution is -0.123. The van der Waals surface area contributed by atoms with Crippen LogP contribution in [0.25, 0.3) is 0 Å². The molecule has 3 amide bonds. The van der Waals surface area contributed by atoms with Crippen molar-refractivity contribution in [1.82, 2.24) is 14.9 Å². The van der Waals surface area contributed by atoms with Crippen molar-refractivity contribution in [2.75, 3.05) is 13.1 Å². The van der Waals surface area contributed by atoms with Crippen LogP contribution >= 0.6 is 0 Å². The zero-order valence-electron chi connectivity index (χ0n) is 16.3. The summed E-state index contributed by atoms with van der Waals surface area (Å²) in [6.45, 7) is 3.36. The third-order valence-electron chi connectivity index (χ3n) is 4.82. The summed E-state index contributed by atoms with van der Waals surface area (Å²) < 4.78 is 26.9. The summed E-state index contributed by atoms with van der Waals surface area (Å²) in [5.41, 5.74) is 5.92. The van der Waals surface area contributed by atoms with Gasteiger partial charge in [0.25, 0.3) is 0 Å². The first-order chi connectivity index (χ1) is 13.3. The molecule has 0 spiro atoms. The number of unbranched alkanes of at least 4 members (excludes halogenated alkanes) is 1. The van der Waals surface area contributed by atoms with Crippen molar-refractivity contribution in [1.29, 1.82) is 0 Å². The predicted molar refractivity (Wildman–Crippen MR) is 107 cm³/mol. The Morgan fingerprint density at radius 1 is 1.14 bits per heavy atom. The maximum Gasteiger partial charge on any atom is 0.312 e. The summed E-state index contributed by atoms with van der Waals surface area (Å²) in [4.78, 5) is 23.7. The fourth-order valence-corrected chi connectivity index (χ4v) is 4.71. The maximum atomic E-state index is 12.7. The lowest BCUT2D eigenvalue weighted by atomic mass is 10.1. The molecule has 0 bridgehead atoms. The Labute approximate surface area is 166 Å². The molecule has 0 saturated carbocycles. The average molecular weight is 411 g/mol. The molecule has 2 rings (SSSR count). The Bertz CT molecular complexity index is 759. The average Bonchev–Trinajstić information content (AvgIpc) is 2.70. The molecule has 9 heteroatoms. The van der Waals surface area contributed by atoms with Gasteiger partial charge in [0.1, 0.15) is 6.04 Å². The highest BCUT2D eigenvalue weighted by Gasteiger charge is 2.25. The van der Waals surface area contributed by atoms with Crippen LogP contribution < -0.4 is 16.4 Å². The molecular weight excluding hydrogens is 380 g/mol. The van der Waals surface area contributed by atoms with Gasteiger partial charge >= 0.3 is 6.03 Å². The molecule has 1 aliphatic rings. The first-order valence-corrected chi connectivity index (χ1v) is 11.2. The molecule has 1 atom stereocenters. The van der Waals surface area contributed by atoms with E-state index in [-0.39, 0.29) is 17.3 Å². The molecule has 0 aliphatic carbocycles. The normalized spacial score (nSPS) is 16.3. The number of carbonyl (C=O) groups excluding carboxylic acids is 2. The molecule has 0 radical (unpaired) electrons. The van der Waals surface area contributed by atoms with E-state index in [2.05, 4.69) is 10.6 Å². The summed E-state index contributed by atoms with van der Waals surface area (Å²) >= 11 is 0. The van der Waals surface area contributed by atoms with Gasteiger partial charge in [-0.25, -0.2) is 13.2 Å². The van der Waals surface area contributed by atoms with Gasteiger partial charge in [0.2, 0.25) is 15.9 Å². The highest BCUT2D eigenvalue weighted by Crippen LogP contribution is 2.20. The van der Waals surface area contributed by atoms with Crippen molar-refractivity contribution in [3.05, 3.63) is 29.8 Å². The number of benzene rings is 1. The van der Waals surface area contributed by atoms with Crippen LogP contribution in [-0.4, -0.2) is 43.8 Å². The largest absolute Gasteiger partial charge is 0.352 e. The molecule has 28 heavy (non-hydrogen) atoms. The summed E-state index contributed by atoms with van der Waals surface area (Å²) in [5, 5.41) is 5.22. The molecule has 0 aromatic heterocycles. The topological polar surface area (TPSA) is 122 Å². The van der Waals surface area contributed by atoms with E-state index < -0.39 is 22.1 Å². The number of sulfonamides is 1. The van der Waals surface area contributed by atoms with E-state index in [1.54, 1.807) is 24.3 Å². The van der Waals surface area contributed by atoms with Gasteiger partial charge < -0.3 is 16.4 Å². The Morgan fingerprint density at radius 3 is 2.36 bits per heavy atom. The number of nitrogens with two attached hydrogens (primary N) is 1. The number of urea groups is 1. The lowest BCUT2D eigenvalue weighted by Crippen LogP contribution is -2.48. The predicted octanol–water partition coefficient (Wildman–Crippen LogP) is 1.70. The second-order valence-electron chi connectivity index (χ2n) is 7.03. The summed E-state index contributed by atoms with van der Waals surface area (Å²) in [6.07, 6.45) is 5.05. The molecule has 1 heterocycles. The summed E-state index contributed by atoms with van der Waals surface area (Å²) in [5.74, 6) is -0.308. The van der Waals surface area contributed by atoms with E-state index in [0.29, 0.717) is 19.5 Å². The van der Waals surface area contributed by atoms with Crippen molar-refractivity contribution in [3.8, 4) is 0 Å². The fourth-order valence-electron chi connectivity index (χ4n) is 3.19. The van der Waals surface area contributed by atoms with Gasteiger partial charge in [0, 0.05) is 19.6 Å². The SMILES string of the molecule is CCCCC(NC(N)=O)C(=O)NCc1ccc(S(=O)(=O)N2CCCCC2)cc1. The third-order valence-corrected chi connectivity index (χ3v) is 6.74. The van der Waals surface area contributed by atoms with E-state index in [0.717, 1.165) is 37.7 Å². The van der Waals surface area contributed by atoms with Gasteiger partial charge in [-0.3, -0.25) is 4.79 Å². The molecule has 8 nitrogen and oxygen atoms in total. The van der Waals surface area contributed by atoms with E-state index >= 15 is 0 Å². The monoisotopic (exact) mass is 410 g/mol. The molecular formula is C19H30N4O4S. The van der Waals surface area contributed by atoms with Gasteiger partial charge in [-0.1, -0.05) is 38.3 Å². The number of amides is 3. The quantitative estimate of drug-likeness (QED) is 0.573. The van der Waals surface area contributed by atoms with Crippen LogP contribution in [0, 0.1) is 0 Å². The van der Waals surface area contributed by atoms with Gasteiger partial charge in [0.05, 0.1) is 4.90 Å². The molecule has 1 aromatic rings. The summed E-state index contributed by atoms with van der Waals surface area (Å²) in [7, 11) is -3.46. The van der Waals surface area contributed by atoms with Crippen molar-refractivity contribution >= 4 is 22.0 Å². The van der Waals surface area contributed by atoms with Crippen LogP contribution in [0.5, 0.6) is 0 Å². The van der Waals surface area contributed by atoms with Crippen LogP contribution in [-0.2, 0) is 21.4 Å². The van der Waals surface area contributed by atoms with Crippen LogP contribution in [0.3, 0.4) is 0 Å². The van der Waals surface area contributed by atoms with Crippen LogP contribution in [0.1, 0.15) is 51.0 Å². The first kappa shape index (κ1) is 22.2. The maximum absolute atomic E-state index is 12.7. The number of hydrogen-bond donors (Lipinski definition) is 3. The van der Waals surface area contributed by atoms with Crippen LogP contribution in [0.2, 0.25) is 0 Å². The van der Waals surface area contributed by atoms with E-state index in [9.17, 15) is 18.0 Å². The molecule has 4 N–H and O–H groups in total. The first-order valence-electron chi connectivity index (χ1n) is 9.77. The second-order valence-corrected chi connectivity index (χ2v) is 8.97. The Balaban J connectivity index is 1.95. The van der Waals surface area contributed by atoms with Crippen molar-refractivity contribution in [2.24, 2.45) is 5.73 Å². The number of nitrogens with one attached hydrogen (secondary N) is 2. The molecule has 1 aromatic carbocycles. The summed E-state index contributed by atoms with van der Waals surface area (Å²) in [6, 6.07) is 5.13. The Morgan fingerprint density at radius 2 is 1.79 bits per heavy atom. The number of carbonyl (C=O) groups is 2. The van der Waals surface area contributed by atoms with Gasteiger partial charge in [-0.2, -0.15) is 4.31 Å². The zero-order chi connectivity index (χ0) is 20.6. The second kappa shape index (κ2) is 10.4. The molecule has 1 aliphatic heterocycles. The molecule has 1 saturated heterocycles. The lowest BCUT2D eigenvalue weighted by Gasteiger charge is -2.25. The smallest absolute Gasteiger partial charge is 0.312 e. The molecule has 1 fully saturated rings. The van der Waals surface area contributed by atoms with Crippen molar-refractivity contribution in [3.63, 3.8) is 0 Å². The van der Waals surface area contributed by atoms with Crippen molar-refractivity contribution < 1.29 is 18.0 Å². The minimum Gasteiger partial charge on any atom is -0.352 e. The fraction of sp³-hybridized carbons (Fsp3) is 0.579. The van der Waals surface area contributed by atoms with Crippen LogP contribution in [0.15, 0.2) is 29.2 Å². The highest BCUT2D eigenvalue weighted by molar-refractivity contribution is 7.89.